The zero-order valence-electron chi connectivity index (χ0n) is 10.1. The summed E-state index contributed by atoms with van der Waals surface area (Å²) in [7, 11) is 0. The van der Waals surface area contributed by atoms with Gasteiger partial charge in [-0.25, -0.2) is 9.18 Å². The number of hydrogen-bond acceptors (Lipinski definition) is 4. The Morgan fingerprint density at radius 2 is 2.37 bits per heavy atom. The van der Waals surface area contributed by atoms with Crippen molar-refractivity contribution in [2.24, 2.45) is 5.73 Å². The highest BCUT2D eigenvalue weighted by molar-refractivity contribution is 5.94. The van der Waals surface area contributed by atoms with Crippen LogP contribution < -0.4 is 11.1 Å². The predicted octanol–water partition coefficient (Wildman–Crippen LogP) is 0.544. The van der Waals surface area contributed by atoms with Crippen LogP contribution in [0.4, 0.5) is 14.9 Å². The van der Waals surface area contributed by atoms with Crippen LogP contribution in [-0.4, -0.2) is 42.6 Å². The monoisotopic (exact) mass is 267 g/mol. The molecule has 2 rings (SSSR count). The maximum Gasteiger partial charge on any atom is 0.410 e. The molecule has 7 heteroatoms. The van der Waals surface area contributed by atoms with Crippen LogP contribution in [0.15, 0.2) is 24.3 Å². The van der Waals surface area contributed by atoms with Gasteiger partial charge in [-0.05, 0) is 18.2 Å². The number of hydrogen-bond donors (Lipinski definition) is 2. The molecule has 1 aromatic rings. The first kappa shape index (κ1) is 13.3. The Kier molecular flexibility index (Phi) is 3.96. The van der Waals surface area contributed by atoms with Gasteiger partial charge in [-0.1, -0.05) is 6.07 Å². The number of nitrogens with zero attached hydrogens (tertiary/aromatic N) is 1. The van der Waals surface area contributed by atoms with Gasteiger partial charge in [0.25, 0.3) is 0 Å². The zero-order chi connectivity index (χ0) is 13.8. The summed E-state index contributed by atoms with van der Waals surface area (Å²) in [6.45, 7) is 0.353. The van der Waals surface area contributed by atoms with Crippen LogP contribution in [0.1, 0.15) is 0 Å². The van der Waals surface area contributed by atoms with E-state index >= 15 is 0 Å². The van der Waals surface area contributed by atoms with Gasteiger partial charge in [-0.3, -0.25) is 9.69 Å². The van der Waals surface area contributed by atoms with Crippen molar-refractivity contribution < 1.29 is 18.7 Å². The van der Waals surface area contributed by atoms with Gasteiger partial charge in [-0.2, -0.15) is 0 Å². The lowest BCUT2D eigenvalue weighted by Crippen LogP contribution is -2.35. The zero-order valence-corrected chi connectivity index (χ0v) is 10.1. The Hall–Kier alpha value is -2.15. The fourth-order valence-corrected chi connectivity index (χ4v) is 1.77. The molecule has 0 saturated carbocycles. The first-order valence-electron chi connectivity index (χ1n) is 5.79. The van der Waals surface area contributed by atoms with Gasteiger partial charge in [-0.15, -0.1) is 0 Å². The van der Waals surface area contributed by atoms with Gasteiger partial charge in [0.2, 0.25) is 5.91 Å². The summed E-state index contributed by atoms with van der Waals surface area (Å²) >= 11 is 0. The predicted molar refractivity (Wildman–Crippen MR) is 65.9 cm³/mol. The molecule has 1 unspecified atom stereocenters. The number of anilines is 1. The maximum absolute atomic E-state index is 12.9. The highest BCUT2D eigenvalue weighted by atomic mass is 19.1. The van der Waals surface area contributed by atoms with E-state index in [1.165, 1.54) is 23.1 Å². The van der Waals surface area contributed by atoms with E-state index in [0.29, 0.717) is 5.69 Å². The smallest absolute Gasteiger partial charge is 0.410 e. The lowest BCUT2D eigenvalue weighted by atomic mass is 10.3. The van der Waals surface area contributed by atoms with Gasteiger partial charge >= 0.3 is 6.09 Å². The minimum absolute atomic E-state index is 0.147. The lowest BCUT2D eigenvalue weighted by Gasteiger charge is -2.12. The van der Waals surface area contributed by atoms with Crippen LogP contribution in [-0.2, 0) is 9.53 Å². The molecule has 1 aliphatic heterocycles. The molecule has 0 bridgehead atoms. The largest absolute Gasteiger partial charge is 0.443 e. The van der Waals surface area contributed by atoms with Crippen molar-refractivity contribution in [3.8, 4) is 0 Å². The van der Waals surface area contributed by atoms with Crippen LogP contribution in [0.25, 0.3) is 0 Å². The number of rotatable bonds is 4. The van der Waals surface area contributed by atoms with E-state index in [4.69, 9.17) is 10.5 Å². The fourth-order valence-electron chi connectivity index (χ4n) is 1.77. The number of nitrogens with two attached hydrogens (primary N) is 1. The summed E-state index contributed by atoms with van der Waals surface area (Å²) in [5.41, 5.74) is 5.72. The van der Waals surface area contributed by atoms with Crippen molar-refractivity contribution >= 4 is 17.7 Å². The average Bonchev–Trinajstić information content (AvgIpc) is 2.70. The number of benzene rings is 1. The number of cyclic esters (lactones) is 1. The van der Waals surface area contributed by atoms with Crippen molar-refractivity contribution in [3.05, 3.63) is 30.1 Å². The Bertz CT molecular complexity index is 495. The topological polar surface area (TPSA) is 84.7 Å². The first-order valence-corrected chi connectivity index (χ1v) is 5.79. The van der Waals surface area contributed by atoms with Crippen molar-refractivity contribution in [1.82, 2.24) is 4.90 Å². The van der Waals surface area contributed by atoms with Gasteiger partial charge in [0.1, 0.15) is 18.5 Å². The maximum atomic E-state index is 12.9. The van der Waals surface area contributed by atoms with E-state index in [2.05, 4.69) is 5.32 Å². The third kappa shape index (κ3) is 3.41. The number of halogens is 1. The SMILES string of the molecule is NCC1CN(CC(=O)Nc2cccc(F)c2)C(=O)O1. The van der Waals surface area contributed by atoms with Gasteiger partial charge < -0.3 is 15.8 Å². The second kappa shape index (κ2) is 5.66. The molecule has 0 aromatic heterocycles. The van der Waals surface area contributed by atoms with Crippen molar-refractivity contribution in [2.75, 3.05) is 25.0 Å². The van der Waals surface area contributed by atoms with Crippen LogP contribution in [0.2, 0.25) is 0 Å². The summed E-state index contributed by atoms with van der Waals surface area (Å²) in [6.07, 6.45) is -0.945. The highest BCUT2D eigenvalue weighted by Crippen LogP contribution is 2.12. The molecule has 1 atom stereocenters. The normalized spacial score (nSPS) is 18.3. The van der Waals surface area contributed by atoms with Crippen molar-refractivity contribution in [1.29, 1.82) is 0 Å². The minimum atomic E-state index is -0.565. The molecule has 6 nitrogen and oxygen atoms in total. The summed E-state index contributed by atoms with van der Waals surface area (Å²) in [6, 6.07) is 5.52. The Labute approximate surface area is 109 Å². The number of carbonyl (C=O) groups excluding carboxylic acids is 2. The number of carbonyl (C=O) groups is 2. The third-order valence-electron chi connectivity index (χ3n) is 2.66. The standard InChI is InChI=1S/C12H14FN3O3/c13-8-2-1-3-9(4-8)15-11(17)7-16-6-10(5-14)19-12(16)18/h1-4,10H,5-7,14H2,(H,15,17). The molecule has 1 aliphatic rings. The van der Waals surface area contributed by atoms with Crippen molar-refractivity contribution in [3.63, 3.8) is 0 Å². The fraction of sp³-hybridized carbons (Fsp3) is 0.333. The summed E-state index contributed by atoms with van der Waals surface area (Å²) < 4.78 is 17.8. The van der Waals surface area contributed by atoms with Crippen LogP contribution in [0, 0.1) is 5.82 Å². The van der Waals surface area contributed by atoms with Crippen LogP contribution in [0.3, 0.4) is 0 Å². The molecule has 0 aliphatic carbocycles. The van der Waals surface area contributed by atoms with E-state index in [9.17, 15) is 14.0 Å². The minimum Gasteiger partial charge on any atom is -0.443 e. The van der Waals surface area contributed by atoms with Gasteiger partial charge in [0.05, 0.1) is 6.54 Å². The second-order valence-electron chi connectivity index (χ2n) is 4.18. The Morgan fingerprint density at radius 3 is 3.00 bits per heavy atom. The molecule has 1 fully saturated rings. The summed E-state index contributed by atoms with van der Waals surface area (Å²) in [4.78, 5) is 24.4. The molecule has 1 heterocycles. The molecule has 0 spiro atoms. The van der Waals surface area contributed by atoms with Gasteiger partial charge in [0, 0.05) is 12.2 Å². The molecule has 102 valence electrons. The lowest BCUT2D eigenvalue weighted by molar-refractivity contribution is -0.116. The molecule has 1 aromatic carbocycles. The molecule has 3 N–H and O–H groups in total. The summed E-state index contributed by atoms with van der Waals surface area (Å²) in [5.74, 6) is -0.859. The van der Waals surface area contributed by atoms with E-state index in [0.717, 1.165) is 0 Å². The molecule has 1 saturated heterocycles. The van der Waals surface area contributed by atoms with Crippen LogP contribution >= 0.6 is 0 Å². The molecular weight excluding hydrogens is 253 g/mol. The van der Waals surface area contributed by atoms with Crippen molar-refractivity contribution in [2.45, 2.75) is 6.10 Å². The molecular formula is C12H14FN3O3. The second-order valence-corrected chi connectivity index (χ2v) is 4.18. The van der Waals surface area contributed by atoms with Gasteiger partial charge in [0.15, 0.2) is 0 Å². The van der Waals surface area contributed by atoms with E-state index < -0.39 is 17.8 Å². The average molecular weight is 267 g/mol. The Balaban J connectivity index is 1.90. The third-order valence-corrected chi connectivity index (χ3v) is 2.66. The molecule has 19 heavy (non-hydrogen) atoms. The quantitative estimate of drug-likeness (QED) is 0.834. The highest BCUT2D eigenvalue weighted by Gasteiger charge is 2.31. The molecule has 2 amide bonds. The van der Waals surface area contributed by atoms with Crippen LogP contribution in [0.5, 0.6) is 0 Å². The number of amides is 2. The molecule has 0 radical (unpaired) electrons. The van der Waals surface area contributed by atoms with E-state index in [-0.39, 0.29) is 25.7 Å². The van der Waals surface area contributed by atoms with E-state index in [1.807, 2.05) is 0 Å². The Morgan fingerprint density at radius 1 is 1.58 bits per heavy atom. The van der Waals surface area contributed by atoms with E-state index in [1.54, 1.807) is 6.07 Å². The number of ether oxygens (including phenoxy) is 1. The number of nitrogens with one attached hydrogen (secondary N) is 1. The summed E-state index contributed by atoms with van der Waals surface area (Å²) in [5, 5.41) is 2.50. The first-order chi connectivity index (χ1) is 9.08.